The lowest BCUT2D eigenvalue weighted by molar-refractivity contribution is -0.0328. The molecule has 0 unspecified atom stereocenters. The highest BCUT2D eigenvalue weighted by Crippen LogP contribution is 2.40. The first-order valence-electron chi connectivity index (χ1n) is 3.41. The zero-order valence-corrected chi connectivity index (χ0v) is 8.39. The van der Waals surface area contributed by atoms with Gasteiger partial charge in [-0.2, -0.15) is 13.2 Å². The number of benzene rings is 1. The zero-order chi connectivity index (χ0) is 9.90. The van der Waals surface area contributed by atoms with Crippen LogP contribution in [0, 0.1) is 0 Å². The van der Waals surface area contributed by atoms with Crippen molar-refractivity contribution in [3.8, 4) is 0 Å². The molecule has 1 aromatic rings. The van der Waals surface area contributed by atoms with Crippen LogP contribution in [0.2, 0.25) is 0 Å². The zero-order valence-electron chi connectivity index (χ0n) is 6.76. The van der Waals surface area contributed by atoms with E-state index in [1.165, 1.54) is 17.8 Å². The van der Waals surface area contributed by atoms with Crippen molar-refractivity contribution in [1.29, 1.82) is 0 Å². The van der Waals surface area contributed by atoms with E-state index in [2.05, 4.69) is 0 Å². The van der Waals surface area contributed by atoms with Crippen LogP contribution in [0.15, 0.2) is 34.1 Å². The van der Waals surface area contributed by atoms with E-state index >= 15 is 0 Å². The molecule has 0 aliphatic carbocycles. The Kier molecular flexibility index (Phi) is 3.55. The average Bonchev–Trinajstić information content (AvgIpc) is 2.02. The van der Waals surface area contributed by atoms with Crippen molar-refractivity contribution in [3.05, 3.63) is 24.3 Å². The maximum Gasteiger partial charge on any atom is 0.446 e. The van der Waals surface area contributed by atoms with Gasteiger partial charge in [0.1, 0.15) is 0 Å². The Morgan fingerprint density at radius 3 is 2.08 bits per heavy atom. The number of halogens is 3. The smallest absolute Gasteiger partial charge is 0.160 e. The average molecular weight is 224 g/mol. The van der Waals surface area contributed by atoms with Gasteiger partial charge in [-0.15, -0.1) is 11.8 Å². The fourth-order valence-corrected chi connectivity index (χ4v) is 2.25. The van der Waals surface area contributed by atoms with Gasteiger partial charge >= 0.3 is 5.51 Å². The Balaban J connectivity index is 2.87. The number of hydrogen-bond donors (Lipinski definition) is 0. The second kappa shape index (κ2) is 4.28. The fourth-order valence-electron chi connectivity index (χ4n) is 0.828. The molecule has 0 fully saturated rings. The van der Waals surface area contributed by atoms with Gasteiger partial charge in [-0.1, -0.05) is 12.1 Å². The second-order valence-corrected chi connectivity index (χ2v) is 4.15. The number of thioether (sulfide) groups is 2. The van der Waals surface area contributed by atoms with Crippen molar-refractivity contribution < 1.29 is 13.2 Å². The summed E-state index contributed by atoms with van der Waals surface area (Å²) < 4.78 is 36.0. The van der Waals surface area contributed by atoms with Crippen molar-refractivity contribution in [2.24, 2.45) is 0 Å². The van der Waals surface area contributed by atoms with E-state index < -0.39 is 5.51 Å². The van der Waals surface area contributed by atoms with E-state index in [9.17, 15) is 13.2 Å². The van der Waals surface area contributed by atoms with Gasteiger partial charge in [0, 0.05) is 9.79 Å². The molecule has 5 heteroatoms. The SMILES string of the molecule is CSc1ccccc1SC(F)(F)F. The summed E-state index contributed by atoms with van der Waals surface area (Å²) in [5.41, 5.74) is -4.20. The normalized spacial score (nSPS) is 11.7. The Labute approximate surface area is 82.9 Å². The third-order valence-corrected chi connectivity index (χ3v) is 3.03. The first kappa shape index (κ1) is 10.8. The van der Waals surface area contributed by atoms with Crippen LogP contribution in [-0.4, -0.2) is 11.8 Å². The van der Waals surface area contributed by atoms with E-state index in [4.69, 9.17) is 0 Å². The van der Waals surface area contributed by atoms with Gasteiger partial charge < -0.3 is 0 Å². The van der Waals surface area contributed by atoms with Crippen molar-refractivity contribution in [2.75, 3.05) is 6.26 Å². The van der Waals surface area contributed by atoms with Crippen molar-refractivity contribution in [3.63, 3.8) is 0 Å². The molecule has 0 bridgehead atoms. The molecule has 0 saturated carbocycles. The van der Waals surface area contributed by atoms with Crippen LogP contribution in [0.5, 0.6) is 0 Å². The van der Waals surface area contributed by atoms with Crippen molar-refractivity contribution >= 4 is 23.5 Å². The third kappa shape index (κ3) is 3.52. The Morgan fingerprint density at radius 1 is 1.08 bits per heavy atom. The Morgan fingerprint density at radius 2 is 1.62 bits per heavy atom. The minimum Gasteiger partial charge on any atom is -0.160 e. The van der Waals surface area contributed by atoms with Gasteiger partial charge in [-0.3, -0.25) is 0 Å². The lowest BCUT2D eigenvalue weighted by Gasteiger charge is -2.08. The van der Waals surface area contributed by atoms with Gasteiger partial charge in [0.15, 0.2) is 0 Å². The molecule has 0 atom stereocenters. The summed E-state index contributed by atoms with van der Waals surface area (Å²) in [6.45, 7) is 0. The van der Waals surface area contributed by atoms with Crippen molar-refractivity contribution in [1.82, 2.24) is 0 Å². The van der Waals surface area contributed by atoms with E-state index in [1.807, 2.05) is 0 Å². The summed E-state index contributed by atoms with van der Waals surface area (Å²) in [6, 6.07) is 6.49. The van der Waals surface area contributed by atoms with Gasteiger partial charge in [0.2, 0.25) is 0 Å². The highest BCUT2D eigenvalue weighted by Gasteiger charge is 2.30. The second-order valence-electron chi connectivity index (χ2n) is 2.20. The highest BCUT2D eigenvalue weighted by molar-refractivity contribution is 8.02. The molecule has 0 saturated heterocycles. The fraction of sp³-hybridized carbons (Fsp3) is 0.250. The van der Waals surface area contributed by atoms with E-state index in [0.29, 0.717) is 4.90 Å². The number of alkyl halides is 3. The van der Waals surface area contributed by atoms with Crippen LogP contribution in [0.25, 0.3) is 0 Å². The molecule has 0 spiro atoms. The maximum absolute atomic E-state index is 12.0. The molecule has 0 aliphatic rings. The first-order valence-corrected chi connectivity index (χ1v) is 5.46. The van der Waals surface area contributed by atoms with E-state index in [-0.39, 0.29) is 16.7 Å². The molecule has 0 radical (unpaired) electrons. The van der Waals surface area contributed by atoms with Crippen LogP contribution in [0.4, 0.5) is 13.2 Å². The summed E-state index contributed by atoms with van der Waals surface area (Å²) in [5, 5.41) is 0. The molecule has 0 aromatic heterocycles. The van der Waals surface area contributed by atoms with E-state index in [1.54, 1.807) is 24.5 Å². The van der Waals surface area contributed by atoms with Crippen LogP contribution in [-0.2, 0) is 0 Å². The molecule has 0 amide bonds. The topological polar surface area (TPSA) is 0 Å². The molecule has 0 aliphatic heterocycles. The molecular formula is C8H7F3S2. The largest absolute Gasteiger partial charge is 0.446 e. The Bertz CT molecular complexity index is 283. The summed E-state index contributed by atoms with van der Waals surface area (Å²) in [5.74, 6) is 0. The van der Waals surface area contributed by atoms with Gasteiger partial charge in [-0.25, -0.2) is 0 Å². The van der Waals surface area contributed by atoms with Crippen LogP contribution in [0.3, 0.4) is 0 Å². The predicted molar refractivity (Wildman–Crippen MR) is 50.1 cm³/mol. The molecule has 0 nitrogen and oxygen atoms in total. The summed E-state index contributed by atoms with van der Waals surface area (Å²) in [6.07, 6.45) is 1.76. The number of rotatable bonds is 2. The monoisotopic (exact) mass is 224 g/mol. The number of hydrogen-bond acceptors (Lipinski definition) is 2. The molecule has 0 N–H and O–H groups in total. The minimum atomic E-state index is -4.20. The highest BCUT2D eigenvalue weighted by atomic mass is 32.2. The minimum absolute atomic E-state index is 0.0689. The summed E-state index contributed by atoms with van der Waals surface area (Å²) in [7, 11) is 0. The first-order chi connectivity index (χ1) is 6.03. The van der Waals surface area contributed by atoms with Crippen LogP contribution in [0.1, 0.15) is 0 Å². The third-order valence-electron chi connectivity index (χ3n) is 1.29. The quantitative estimate of drug-likeness (QED) is 0.696. The van der Waals surface area contributed by atoms with E-state index in [0.717, 1.165) is 0 Å². The lowest BCUT2D eigenvalue weighted by Crippen LogP contribution is -1.99. The van der Waals surface area contributed by atoms with Gasteiger partial charge in [-0.05, 0) is 30.2 Å². The van der Waals surface area contributed by atoms with Crippen LogP contribution >= 0.6 is 23.5 Å². The molecule has 1 rings (SSSR count). The maximum atomic E-state index is 12.0. The van der Waals surface area contributed by atoms with Gasteiger partial charge in [0.25, 0.3) is 0 Å². The summed E-state index contributed by atoms with van der Waals surface area (Å²) >= 11 is 1.25. The van der Waals surface area contributed by atoms with Gasteiger partial charge in [0.05, 0.1) is 0 Å². The predicted octanol–water partition coefficient (Wildman–Crippen LogP) is 4.02. The van der Waals surface area contributed by atoms with Crippen molar-refractivity contribution in [2.45, 2.75) is 15.3 Å². The molecular weight excluding hydrogens is 217 g/mol. The standard InChI is InChI=1S/C8H7F3S2/c1-12-6-4-2-3-5-7(6)13-8(9,10)11/h2-5H,1H3. The molecule has 1 aromatic carbocycles. The Hall–Kier alpha value is -0.290. The van der Waals surface area contributed by atoms with Crippen LogP contribution < -0.4 is 0 Å². The lowest BCUT2D eigenvalue weighted by atomic mass is 10.4. The summed E-state index contributed by atoms with van der Waals surface area (Å²) in [4.78, 5) is 0.923. The molecule has 13 heavy (non-hydrogen) atoms. The molecule has 0 heterocycles. The molecule has 72 valence electrons.